The third-order valence-electron chi connectivity index (χ3n) is 4.96. The minimum Gasteiger partial charge on any atom is -0.325 e. The van der Waals surface area contributed by atoms with Gasteiger partial charge in [0, 0.05) is 18.8 Å². The molecular formula is C18H15N3O3S. The van der Waals surface area contributed by atoms with Crippen molar-refractivity contribution < 1.29 is 13.2 Å². The van der Waals surface area contributed by atoms with E-state index in [-0.39, 0.29) is 23.9 Å². The molecule has 2 aliphatic heterocycles. The molecule has 0 saturated carbocycles. The second-order valence-corrected chi connectivity index (χ2v) is 8.25. The van der Waals surface area contributed by atoms with E-state index >= 15 is 0 Å². The maximum atomic E-state index is 12.9. The van der Waals surface area contributed by atoms with Crippen LogP contribution < -0.4 is 5.32 Å². The molecule has 2 aliphatic rings. The summed E-state index contributed by atoms with van der Waals surface area (Å²) in [6.07, 6.45) is 0.438. The van der Waals surface area contributed by atoms with Gasteiger partial charge in [-0.1, -0.05) is 24.3 Å². The van der Waals surface area contributed by atoms with Crippen molar-refractivity contribution in [2.24, 2.45) is 0 Å². The van der Waals surface area contributed by atoms with E-state index in [1.807, 2.05) is 30.3 Å². The molecule has 0 bridgehead atoms. The van der Waals surface area contributed by atoms with Crippen LogP contribution in [0.4, 0.5) is 5.69 Å². The number of carbonyl (C=O) groups excluding carboxylic acids is 1. The summed E-state index contributed by atoms with van der Waals surface area (Å²) >= 11 is 0. The van der Waals surface area contributed by atoms with Gasteiger partial charge in [-0.2, -0.15) is 9.57 Å². The van der Waals surface area contributed by atoms with Crippen LogP contribution in [0.2, 0.25) is 0 Å². The van der Waals surface area contributed by atoms with Crippen LogP contribution in [-0.2, 0) is 20.2 Å². The monoisotopic (exact) mass is 353 g/mol. The predicted octanol–water partition coefficient (Wildman–Crippen LogP) is 1.84. The summed E-state index contributed by atoms with van der Waals surface area (Å²) in [5.41, 5.74) is 1.05. The lowest BCUT2D eigenvalue weighted by Gasteiger charge is -2.22. The summed E-state index contributed by atoms with van der Waals surface area (Å²) in [5.74, 6) is -0.155. The first-order chi connectivity index (χ1) is 12.0. The number of nitrogens with zero attached hydrogens (tertiary/aromatic N) is 2. The number of nitrogens with one attached hydrogen (secondary N) is 1. The van der Waals surface area contributed by atoms with Gasteiger partial charge in [-0.25, -0.2) is 8.42 Å². The molecule has 4 rings (SSSR count). The SMILES string of the molecule is N#Cc1cccc(S(=O)(=O)N2CC[C@@]3(C2)C(=O)Nc2ccccc23)c1. The Labute approximate surface area is 145 Å². The van der Waals surface area contributed by atoms with Crippen molar-refractivity contribution in [2.75, 3.05) is 18.4 Å². The van der Waals surface area contributed by atoms with Gasteiger partial charge in [0.15, 0.2) is 0 Å². The number of benzene rings is 2. The number of amides is 1. The third kappa shape index (κ3) is 2.26. The normalized spacial score (nSPS) is 22.6. The molecule has 0 radical (unpaired) electrons. The molecule has 1 N–H and O–H groups in total. The van der Waals surface area contributed by atoms with E-state index in [9.17, 15) is 13.2 Å². The largest absolute Gasteiger partial charge is 0.325 e. The molecule has 1 atom stereocenters. The molecule has 0 aliphatic carbocycles. The van der Waals surface area contributed by atoms with Crippen molar-refractivity contribution in [1.82, 2.24) is 4.31 Å². The lowest BCUT2D eigenvalue weighted by atomic mass is 9.81. The fraction of sp³-hybridized carbons (Fsp3) is 0.222. The van der Waals surface area contributed by atoms with Crippen LogP contribution in [0, 0.1) is 11.3 Å². The minimum absolute atomic E-state index is 0.0790. The van der Waals surface area contributed by atoms with Gasteiger partial charge in [-0.15, -0.1) is 0 Å². The van der Waals surface area contributed by atoms with Gasteiger partial charge in [0.25, 0.3) is 0 Å². The number of sulfonamides is 1. The molecule has 7 heteroatoms. The Kier molecular flexibility index (Phi) is 3.42. The molecule has 1 spiro atoms. The fourth-order valence-corrected chi connectivity index (χ4v) is 5.18. The van der Waals surface area contributed by atoms with E-state index in [0.29, 0.717) is 12.0 Å². The van der Waals surface area contributed by atoms with Crippen molar-refractivity contribution >= 4 is 21.6 Å². The number of hydrogen-bond donors (Lipinski definition) is 1. The molecule has 1 fully saturated rings. The van der Waals surface area contributed by atoms with Crippen LogP contribution in [0.5, 0.6) is 0 Å². The maximum Gasteiger partial charge on any atom is 0.243 e. The summed E-state index contributed by atoms with van der Waals surface area (Å²) in [7, 11) is -3.76. The summed E-state index contributed by atoms with van der Waals surface area (Å²) in [6, 6.07) is 15.3. The molecule has 0 aromatic heterocycles. The number of nitriles is 1. The average Bonchev–Trinajstić information content (AvgIpc) is 3.20. The highest BCUT2D eigenvalue weighted by molar-refractivity contribution is 7.89. The minimum atomic E-state index is -3.76. The molecule has 25 heavy (non-hydrogen) atoms. The Morgan fingerprint density at radius 2 is 1.96 bits per heavy atom. The van der Waals surface area contributed by atoms with Gasteiger partial charge in [0.05, 0.1) is 21.9 Å². The molecule has 1 amide bonds. The molecular weight excluding hydrogens is 338 g/mol. The van der Waals surface area contributed by atoms with Crippen molar-refractivity contribution in [1.29, 1.82) is 5.26 Å². The second kappa shape index (κ2) is 5.41. The average molecular weight is 353 g/mol. The van der Waals surface area contributed by atoms with Crippen LogP contribution in [0.25, 0.3) is 0 Å². The van der Waals surface area contributed by atoms with E-state index < -0.39 is 15.4 Å². The second-order valence-electron chi connectivity index (χ2n) is 6.31. The number of para-hydroxylation sites is 1. The number of carbonyl (C=O) groups is 1. The first-order valence-electron chi connectivity index (χ1n) is 7.89. The Morgan fingerprint density at radius 1 is 1.16 bits per heavy atom. The van der Waals surface area contributed by atoms with Crippen LogP contribution in [-0.4, -0.2) is 31.7 Å². The van der Waals surface area contributed by atoms with Crippen molar-refractivity contribution in [2.45, 2.75) is 16.7 Å². The summed E-state index contributed by atoms with van der Waals surface area (Å²) < 4.78 is 27.2. The molecule has 6 nitrogen and oxygen atoms in total. The summed E-state index contributed by atoms with van der Waals surface area (Å²) in [6.45, 7) is 0.371. The van der Waals surface area contributed by atoms with Crippen LogP contribution in [0.3, 0.4) is 0 Å². The highest BCUT2D eigenvalue weighted by atomic mass is 32.2. The topological polar surface area (TPSA) is 90.3 Å². The third-order valence-corrected chi connectivity index (χ3v) is 6.80. The quantitative estimate of drug-likeness (QED) is 0.892. The molecule has 2 aromatic rings. The predicted molar refractivity (Wildman–Crippen MR) is 91.3 cm³/mol. The van der Waals surface area contributed by atoms with Gasteiger partial charge < -0.3 is 5.32 Å². The zero-order valence-corrected chi connectivity index (χ0v) is 14.1. The zero-order chi connectivity index (χ0) is 17.7. The number of rotatable bonds is 2. The number of fused-ring (bicyclic) bond motifs is 2. The van der Waals surface area contributed by atoms with Gasteiger partial charge in [-0.3, -0.25) is 4.79 Å². The molecule has 126 valence electrons. The van der Waals surface area contributed by atoms with E-state index in [1.54, 1.807) is 12.1 Å². The molecule has 2 heterocycles. The summed E-state index contributed by atoms with van der Waals surface area (Å²) in [5, 5.41) is 11.8. The van der Waals surface area contributed by atoms with E-state index in [1.165, 1.54) is 16.4 Å². The molecule has 2 aromatic carbocycles. The van der Waals surface area contributed by atoms with Gasteiger partial charge in [0.2, 0.25) is 15.9 Å². The van der Waals surface area contributed by atoms with E-state index in [0.717, 1.165) is 11.3 Å². The maximum absolute atomic E-state index is 12.9. The smallest absolute Gasteiger partial charge is 0.243 e. The van der Waals surface area contributed by atoms with Crippen LogP contribution >= 0.6 is 0 Å². The summed E-state index contributed by atoms with van der Waals surface area (Å²) in [4.78, 5) is 12.7. The Balaban J connectivity index is 1.71. The Hall–Kier alpha value is -2.69. The van der Waals surface area contributed by atoms with Crippen LogP contribution in [0.1, 0.15) is 17.5 Å². The Morgan fingerprint density at radius 3 is 2.76 bits per heavy atom. The highest BCUT2D eigenvalue weighted by Gasteiger charge is 2.53. The van der Waals surface area contributed by atoms with Crippen LogP contribution in [0.15, 0.2) is 53.4 Å². The van der Waals surface area contributed by atoms with Gasteiger partial charge >= 0.3 is 0 Å². The first-order valence-corrected chi connectivity index (χ1v) is 9.33. The lowest BCUT2D eigenvalue weighted by Crippen LogP contribution is -2.39. The van der Waals surface area contributed by atoms with Crippen molar-refractivity contribution in [3.05, 3.63) is 59.7 Å². The number of hydrogen-bond acceptors (Lipinski definition) is 4. The van der Waals surface area contributed by atoms with Gasteiger partial charge in [0.1, 0.15) is 0 Å². The molecule has 0 unspecified atom stereocenters. The van der Waals surface area contributed by atoms with Crippen molar-refractivity contribution in [3.63, 3.8) is 0 Å². The Bertz CT molecular complexity index is 1030. The van der Waals surface area contributed by atoms with E-state index in [4.69, 9.17) is 5.26 Å². The zero-order valence-electron chi connectivity index (χ0n) is 13.3. The number of anilines is 1. The lowest BCUT2D eigenvalue weighted by molar-refractivity contribution is -0.120. The fourth-order valence-electron chi connectivity index (χ4n) is 3.63. The van der Waals surface area contributed by atoms with Crippen molar-refractivity contribution in [3.8, 4) is 6.07 Å². The van der Waals surface area contributed by atoms with Gasteiger partial charge in [-0.05, 0) is 36.2 Å². The standard InChI is InChI=1S/C18H15N3O3S/c19-11-13-4-3-5-14(10-13)25(23,24)21-9-8-18(12-21)15-6-1-2-7-16(15)20-17(18)22/h1-7,10H,8-9,12H2,(H,20,22)/t18-/m0/s1. The highest BCUT2D eigenvalue weighted by Crippen LogP contribution is 2.45. The first kappa shape index (κ1) is 15.8. The van der Waals surface area contributed by atoms with E-state index in [2.05, 4.69) is 5.32 Å². The molecule has 1 saturated heterocycles.